The average molecular weight is 288 g/mol. The number of hydrazone groups is 1. The molecule has 1 amide bonds. The summed E-state index contributed by atoms with van der Waals surface area (Å²) in [4.78, 5) is 23.0. The van der Waals surface area contributed by atoms with Gasteiger partial charge in [-0.25, -0.2) is 4.79 Å². The number of carbonyl (C=O) groups is 2. The molecule has 8 heteroatoms. The van der Waals surface area contributed by atoms with Crippen LogP contribution in [0, 0.1) is 0 Å². The Balaban J connectivity index is 4.14. The molecule has 0 rings (SSSR count). The third kappa shape index (κ3) is 8.30. The Labute approximate surface area is 118 Å². The minimum Gasteiger partial charge on any atom is -0.479 e. The van der Waals surface area contributed by atoms with Gasteiger partial charge in [-0.1, -0.05) is 0 Å². The van der Waals surface area contributed by atoms with E-state index < -0.39 is 17.7 Å². The molecule has 0 aliphatic heterocycles. The van der Waals surface area contributed by atoms with E-state index in [0.29, 0.717) is 6.61 Å². The van der Waals surface area contributed by atoms with E-state index in [2.05, 4.69) is 10.4 Å². The molecule has 0 radical (unpaired) electrons. The van der Waals surface area contributed by atoms with Crippen LogP contribution in [0.2, 0.25) is 0 Å². The molecular weight excluding hydrogens is 264 g/mol. The molecule has 116 valence electrons. The number of nitrogens with one attached hydrogen (secondary N) is 1. The number of alkyl carbamates (subject to hydrolysis) is 1. The predicted octanol–water partition coefficient (Wildman–Crippen LogP) is 0.106. The summed E-state index contributed by atoms with van der Waals surface area (Å²) in [5, 5.41) is 5.73. The summed E-state index contributed by atoms with van der Waals surface area (Å²) in [6.07, 6.45) is -0.691. The topological polar surface area (TPSA) is 129 Å². The van der Waals surface area contributed by atoms with Crippen molar-refractivity contribution in [2.75, 3.05) is 13.2 Å². The second-order valence-corrected chi connectivity index (χ2v) is 5.11. The van der Waals surface area contributed by atoms with Crippen LogP contribution in [-0.4, -0.2) is 42.6 Å². The minimum atomic E-state index is -0.729. The summed E-state index contributed by atoms with van der Waals surface area (Å²) in [7, 11) is 0. The quantitative estimate of drug-likeness (QED) is 0.275. The van der Waals surface area contributed by atoms with Crippen molar-refractivity contribution in [3.63, 3.8) is 0 Å². The van der Waals surface area contributed by atoms with Gasteiger partial charge in [0.25, 0.3) is 0 Å². The lowest BCUT2D eigenvalue weighted by Gasteiger charge is -2.19. The van der Waals surface area contributed by atoms with E-state index in [9.17, 15) is 9.59 Å². The van der Waals surface area contributed by atoms with Crippen molar-refractivity contribution in [2.24, 2.45) is 16.7 Å². The average Bonchev–Trinajstić information content (AvgIpc) is 2.31. The van der Waals surface area contributed by atoms with Crippen molar-refractivity contribution in [1.29, 1.82) is 0 Å². The maximum absolute atomic E-state index is 11.6. The van der Waals surface area contributed by atoms with Gasteiger partial charge < -0.3 is 26.4 Å². The van der Waals surface area contributed by atoms with E-state index in [1.165, 1.54) is 0 Å². The third-order valence-corrected chi connectivity index (χ3v) is 2.01. The maximum atomic E-state index is 11.6. The smallest absolute Gasteiger partial charge is 0.408 e. The molecule has 0 bridgehead atoms. The van der Waals surface area contributed by atoms with Crippen molar-refractivity contribution in [3.05, 3.63) is 0 Å². The van der Waals surface area contributed by atoms with E-state index in [1.807, 2.05) is 0 Å². The first-order valence-electron chi connectivity index (χ1n) is 6.34. The van der Waals surface area contributed by atoms with Crippen LogP contribution in [0.4, 0.5) is 4.79 Å². The fraction of sp³-hybridized carbons (Fsp3) is 0.750. The standard InChI is InChI=1S/C12H24N4O4/c1-5-19-10(16-14)9(13)6-8(17)7-15-11(18)20-12(2,3)4/h9H,5-7,13-14H2,1-4H3,(H,15,18). The Morgan fingerprint density at radius 1 is 1.35 bits per heavy atom. The summed E-state index contributed by atoms with van der Waals surface area (Å²) in [5.41, 5.74) is 5.11. The predicted molar refractivity (Wildman–Crippen MR) is 75.1 cm³/mol. The molecule has 0 saturated heterocycles. The normalized spacial score (nSPS) is 13.6. The Bertz CT molecular complexity index is 363. The second-order valence-electron chi connectivity index (χ2n) is 5.11. The minimum absolute atomic E-state index is 0.0359. The zero-order valence-electron chi connectivity index (χ0n) is 12.4. The van der Waals surface area contributed by atoms with Crippen molar-refractivity contribution in [1.82, 2.24) is 5.32 Å². The molecule has 0 aliphatic rings. The number of amides is 1. The number of ketones is 1. The molecule has 0 aliphatic carbocycles. The van der Waals surface area contributed by atoms with Crippen LogP contribution < -0.4 is 16.9 Å². The van der Waals surface area contributed by atoms with E-state index in [1.54, 1.807) is 27.7 Å². The fourth-order valence-electron chi connectivity index (χ4n) is 1.28. The first-order chi connectivity index (χ1) is 9.19. The zero-order chi connectivity index (χ0) is 15.8. The molecule has 8 nitrogen and oxygen atoms in total. The highest BCUT2D eigenvalue weighted by atomic mass is 16.6. The molecule has 1 unspecified atom stereocenters. The van der Waals surface area contributed by atoms with Crippen molar-refractivity contribution >= 4 is 17.8 Å². The van der Waals surface area contributed by atoms with Gasteiger partial charge in [-0.15, -0.1) is 5.10 Å². The molecule has 1 atom stereocenters. The van der Waals surface area contributed by atoms with Crippen molar-refractivity contribution < 1.29 is 19.1 Å². The Hall–Kier alpha value is -1.83. The first kappa shape index (κ1) is 18.2. The molecule has 0 heterocycles. The number of carbonyl (C=O) groups excluding carboxylic acids is 2. The highest BCUT2D eigenvalue weighted by molar-refractivity contribution is 5.90. The number of ether oxygens (including phenoxy) is 2. The lowest BCUT2D eigenvalue weighted by molar-refractivity contribution is -0.118. The first-order valence-corrected chi connectivity index (χ1v) is 6.34. The summed E-state index contributed by atoms with van der Waals surface area (Å²) in [5.74, 6) is 4.94. The molecule has 5 N–H and O–H groups in total. The third-order valence-electron chi connectivity index (χ3n) is 2.01. The maximum Gasteiger partial charge on any atom is 0.408 e. The Morgan fingerprint density at radius 2 is 1.95 bits per heavy atom. The molecular formula is C12H24N4O4. The summed E-state index contributed by atoms with van der Waals surface area (Å²) in [6, 6.07) is -0.729. The number of nitrogens with zero attached hydrogens (tertiary/aromatic N) is 1. The van der Waals surface area contributed by atoms with Crippen LogP contribution in [0.15, 0.2) is 5.10 Å². The van der Waals surface area contributed by atoms with Crippen LogP contribution in [0.1, 0.15) is 34.1 Å². The lowest BCUT2D eigenvalue weighted by Crippen LogP contribution is -2.40. The Kier molecular flexibility index (Phi) is 7.60. The highest BCUT2D eigenvalue weighted by Crippen LogP contribution is 2.06. The number of hydrogen-bond donors (Lipinski definition) is 3. The number of nitrogens with two attached hydrogens (primary N) is 2. The molecule has 0 saturated carbocycles. The Morgan fingerprint density at radius 3 is 2.40 bits per heavy atom. The number of Topliss-reactive ketones (excluding diaryl/α,β-unsaturated/α-hetero) is 1. The van der Waals surface area contributed by atoms with Crippen molar-refractivity contribution in [2.45, 2.75) is 45.8 Å². The summed E-state index contributed by atoms with van der Waals surface area (Å²) >= 11 is 0. The van der Waals surface area contributed by atoms with Gasteiger partial charge in [-0.05, 0) is 27.7 Å². The van der Waals surface area contributed by atoms with Gasteiger partial charge in [0.1, 0.15) is 5.60 Å². The SMILES string of the molecule is CCOC(=NN)C(N)CC(=O)CNC(=O)OC(C)(C)C. The monoisotopic (exact) mass is 288 g/mol. The number of hydrogen-bond acceptors (Lipinski definition) is 7. The van der Waals surface area contributed by atoms with E-state index in [0.717, 1.165) is 0 Å². The van der Waals surface area contributed by atoms with Gasteiger partial charge in [0.05, 0.1) is 19.2 Å². The lowest BCUT2D eigenvalue weighted by atomic mass is 10.1. The van der Waals surface area contributed by atoms with Crippen LogP contribution >= 0.6 is 0 Å². The van der Waals surface area contributed by atoms with E-state index in [-0.39, 0.29) is 24.6 Å². The van der Waals surface area contributed by atoms with Gasteiger partial charge >= 0.3 is 6.09 Å². The van der Waals surface area contributed by atoms with Gasteiger partial charge in [0, 0.05) is 6.42 Å². The van der Waals surface area contributed by atoms with Gasteiger partial charge in [-0.2, -0.15) is 0 Å². The molecule has 0 fully saturated rings. The van der Waals surface area contributed by atoms with Gasteiger partial charge in [0.15, 0.2) is 5.78 Å². The molecule has 0 spiro atoms. The second kappa shape index (κ2) is 8.36. The zero-order valence-corrected chi connectivity index (χ0v) is 12.4. The summed E-state index contributed by atoms with van der Waals surface area (Å²) in [6.45, 7) is 7.13. The highest BCUT2D eigenvalue weighted by Gasteiger charge is 2.19. The molecule has 0 aromatic carbocycles. The summed E-state index contributed by atoms with van der Waals surface area (Å²) < 4.78 is 10.1. The van der Waals surface area contributed by atoms with Crippen LogP contribution in [0.5, 0.6) is 0 Å². The van der Waals surface area contributed by atoms with Gasteiger partial charge in [-0.3, -0.25) is 4.79 Å². The van der Waals surface area contributed by atoms with Crippen LogP contribution in [0.3, 0.4) is 0 Å². The molecule has 0 aromatic heterocycles. The van der Waals surface area contributed by atoms with E-state index in [4.69, 9.17) is 21.1 Å². The van der Waals surface area contributed by atoms with Gasteiger partial charge in [0.2, 0.25) is 5.90 Å². The fourth-order valence-corrected chi connectivity index (χ4v) is 1.28. The largest absolute Gasteiger partial charge is 0.479 e. The van der Waals surface area contributed by atoms with Crippen LogP contribution in [0.25, 0.3) is 0 Å². The van der Waals surface area contributed by atoms with Crippen LogP contribution in [-0.2, 0) is 14.3 Å². The molecule has 20 heavy (non-hydrogen) atoms. The van der Waals surface area contributed by atoms with E-state index >= 15 is 0 Å². The molecule has 0 aromatic rings. The van der Waals surface area contributed by atoms with Crippen molar-refractivity contribution in [3.8, 4) is 0 Å². The number of rotatable bonds is 6.